The maximum absolute atomic E-state index is 2.63. The van der Waals surface area contributed by atoms with E-state index < -0.39 is 0 Å². The second kappa shape index (κ2) is 8.67. The number of para-hydroxylation sites is 1. The van der Waals surface area contributed by atoms with Crippen molar-refractivity contribution in [2.24, 2.45) is 5.92 Å². The summed E-state index contributed by atoms with van der Waals surface area (Å²) in [7, 11) is 0. The number of nitrogens with zero attached hydrogens (tertiary/aromatic N) is 1. The Morgan fingerprint density at radius 1 is 0.622 bits per heavy atom. The molecule has 4 aromatic rings. The maximum atomic E-state index is 2.63. The minimum atomic E-state index is -0.0188. The van der Waals surface area contributed by atoms with E-state index in [9.17, 15) is 0 Å². The van der Waals surface area contributed by atoms with Crippen LogP contribution >= 0.6 is 0 Å². The van der Waals surface area contributed by atoms with Crippen molar-refractivity contribution in [1.29, 1.82) is 0 Å². The van der Waals surface area contributed by atoms with Crippen LogP contribution in [0.2, 0.25) is 0 Å². The molecule has 1 heteroatoms. The van der Waals surface area contributed by atoms with Gasteiger partial charge in [0.1, 0.15) is 0 Å². The second-order valence-corrected chi connectivity index (χ2v) is 15.2. The van der Waals surface area contributed by atoms with E-state index in [1.54, 1.807) is 11.1 Å². The van der Waals surface area contributed by atoms with Crippen molar-refractivity contribution >= 4 is 11.4 Å². The largest absolute Gasteiger partial charge is 0.313 e. The van der Waals surface area contributed by atoms with Crippen LogP contribution in [-0.4, -0.2) is 0 Å². The summed E-state index contributed by atoms with van der Waals surface area (Å²) in [5, 5.41) is 0. The van der Waals surface area contributed by atoms with Crippen LogP contribution in [0, 0.1) is 5.92 Å². The van der Waals surface area contributed by atoms with Gasteiger partial charge in [-0.05, 0) is 105 Å². The Kier molecular flexibility index (Phi) is 4.99. The fourth-order valence-electron chi connectivity index (χ4n) is 10.1. The van der Waals surface area contributed by atoms with Gasteiger partial charge in [0.2, 0.25) is 0 Å². The predicted molar refractivity (Wildman–Crippen MR) is 186 cm³/mol. The van der Waals surface area contributed by atoms with Gasteiger partial charge in [-0.25, -0.2) is 0 Å². The van der Waals surface area contributed by atoms with Crippen molar-refractivity contribution in [2.75, 3.05) is 4.90 Å². The molecule has 2 bridgehead atoms. The Bertz CT molecular complexity index is 2110. The minimum Gasteiger partial charge on any atom is -0.313 e. The molecule has 0 saturated heterocycles. The fourth-order valence-corrected chi connectivity index (χ4v) is 10.1. The summed E-state index contributed by atoms with van der Waals surface area (Å²) in [6.07, 6.45) is 13.3. The topological polar surface area (TPSA) is 3.24 Å². The Morgan fingerprint density at radius 2 is 1.24 bits per heavy atom. The summed E-state index contributed by atoms with van der Waals surface area (Å²) in [6.45, 7) is 9.79. The van der Waals surface area contributed by atoms with Crippen molar-refractivity contribution in [3.8, 4) is 11.1 Å². The lowest BCUT2D eigenvalue weighted by Crippen LogP contribution is -2.47. The summed E-state index contributed by atoms with van der Waals surface area (Å²) < 4.78 is 0. The van der Waals surface area contributed by atoms with Gasteiger partial charge in [0.15, 0.2) is 0 Å². The molecule has 2 aliphatic heterocycles. The van der Waals surface area contributed by atoms with E-state index >= 15 is 0 Å². The number of benzene rings is 4. The lowest BCUT2D eigenvalue weighted by atomic mass is 9.58. The number of allylic oxidation sites excluding steroid dienone is 8. The summed E-state index contributed by atoms with van der Waals surface area (Å²) in [6, 6.07) is 33.0. The first-order valence-corrected chi connectivity index (χ1v) is 16.9. The molecule has 0 spiro atoms. The molecule has 0 amide bonds. The fraction of sp³-hybridized carbons (Fsp3) is 0.273. The van der Waals surface area contributed by atoms with Gasteiger partial charge in [-0.1, -0.05) is 113 Å². The van der Waals surface area contributed by atoms with Crippen LogP contribution in [0.5, 0.6) is 0 Å². The van der Waals surface area contributed by atoms with Crippen molar-refractivity contribution in [1.82, 2.24) is 0 Å². The molecule has 7 aliphatic rings. The summed E-state index contributed by atoms with van der Waals surface area (Å²) >= 11 is 0. The highest BCUT2D eigenvalue weighted by atomic mass is 15.2. The predicted octanol–water partition coefficient (Wildman–Crippen LogP) is 11.1. The molecule has 0 radical (unpaired) electrons. The average Bonchev–Trinajstić information content (AvgIpc) is 3.07. The van der Waals surface area contributed by atoms with E-state index in [1.165, 1.54) is 67.2 Å². The van der Waals surface area contributed by atoms with Gasteiger partial charge in [-0.2, -0.15) is 0 Å². The number of anilines is 2. The molecule has 4 aromatic carbocycles. The van der Waals surface area contributed by atoms with Gasteiger partial charge in [0.25, 0.3) is 0 Å². The van der Waals surface area contributed by atoms with Gasteiger partial charge >= 0.3 is 0 Å². The number of rotatable bonds is 1. The standard InChI is InChI=1S/C44H39N/c1-43(2)34-16-9-10-19-38(34)45-39-23-21-27(25-37(39)44(3,4)36-18-11-17-35(43)42(36)45)26-20-22-32-33(24-26)41-30-14-7-5-12-28(30)40(32)29-13-6-8-15-31(29)41/h5,7,9-17,19-25,36,40-41H,6,8,18H2,1-4H3. The smallest absolute Gasteiger partial charge is 0.0499 e. The van der Waals surface area contributed by atoms with Crippen molar-refractivity contribution in [3.05, 3.63) is 165 Å². The zero-order valence-electron chi connectivity index (χ0n) is 26.7. The Labute approximate surface area is 267 Å². The normalized spacial score (nSPS) is 25.2. The molecule has 0 saturated carbocycles. The van der Waals surface area contributed by atoms with Crippen molar-refractivity contribution < 1.29 is 0 Å². The van der Waals surface area contributed by atoms with E-state index in [1.807, 2.05) is 0 Å². The lowest BCUT2D eigenvalue weighted by Gasteiger charge is -2.54. The Hall–Kier alpha value is -4.36. The molecule has 3 unspecified atom stereocenters. The van der Waals surface area contributed by atoms with E-state index in [2.05, 4.69) is 142 Å². The van der Waals surface area contributed by atoms with Gasteiger partial charge in [-0.15, -0.1) is 0 Å². The Balaban J connectivity index is 1.15. The highest BCUT2D eigenvalue weighted by Crippen LogP contribution is 2.62. The number of hydrogen-bond acceptors (Lipinski definition) is 1. The van der Waals surface area contributed by atoms with Crippen molar-refractivity contribution in [3.63, 3.8) is 0 Å². The van der Waals surface area contributed by atoms with Crippen molar-refractivity contribution in [2.45, 2.75) is 69.6 Å². The Morgan fingerprint density at radius 3 is 2.02 bits per heavy atom. The third-order valence-electron chi connectivity index (χ3n) is 12.3. The molecule has 0 N–H and O–H groups in total. The lowest BCUT2D eigenvalue weighted by molar-refractivity contribution is 0.339. The van der Waals surface area contributed by atoms with Gasteiger partial charge in [0.05, 0.1) is 0 Å². The van der Waals surface area contributed by atoms with Gasteiger partial charge in [-0.3, -0.25) is 0 Å². The molecule has 1 nitrogen and oxygen atoms in total. The SMILES string of the molecule is CC1(C)C2=C3C(CC=C2)C(C)(C)c2cc(-c4ccc5c(c4)C4C6=CCCC=C6C5c5ccccc54)ccc2N3c2ccccc21. The van der Waals surface area contributed by atoms with Crippen LogP contribution < -0.4 is 4.90 Å². The molecule has 11 rings (SSSR count). The summed E-state index contributed by atoms with van der Waals surface area (Å²) in [4.78, 5) is 2.63. The molecule has 220 valence electrons. The van der Waals surface area contributed by atoms with E-state index in [0.717, 1.165) is 19.3 Å². The first-order valence-electron chi connectivity index (χ1n) is 16.9. The van der Waals surface area contributed by atoms with E-state index in [0.29, 0.717) is 17.8 Å². The molecule has 5 aliphatic carbocycles. The van der Waals surface area contributed by atoms with Crippen LogP contribution in [0.3, 0.4) is 0 Å². The highest BCUT2D eigenvalue weighted by Gasteiger charge is 2.50. The summed E-state index contributed by atoms with van der Waals surface area (Å²) in [5.41, 5.74) is 20.4. The summed E-state index contributed by atoms with van der Waals surface area (Å²) in [5.74, 6) is 1.15. The first kappa shape index (κ1) is 25.9. The highest BCUT2D eigenvalue weighted by molar-refractivity contribution is 5.85. The van der Waals surface area contributed by atoms with Gasteiger partial charge < -0.3 is 4.90 Å². The van der Waals surface area contributed by atoms with Crippen LogP contribution in [0.1, 0.15) is 92.2 Å². The molecule has 3 atom stereocenters. The quantitative estimate of drug-likeness (QED) is 0.216. The van der Waals surface area contributed by atoms with Gasteiger partial charge in [0, 0.05) is 45.7 Å². The van der Waals surface area contributed by atoms with E-state index in [-0.39, 0.29) is 10.8 Å². The molecular formula is C44H39N. The third-order valence-corrected chi connectivity index (χ3v) is 12.3. The monoisotopic (exact) mass is 581 g/mol. The molecule has 45 heavy (non-hydrogen) atoms. The van der Waals surface area contributed by atoms with Crippen LogP contribution in [0.15, 0.2) is 132 Å². The van der Waals surface area contributed by atoms with E-state index in [4.69, 9.17) is 0 Å². The van der Waals surface area contributed by atoms with Crippen LogP contribution in [0.25, 0.3) is 11.1 Å². The first-order chi connectivity index (χ1) is 21.9. The molecule has 2 heterocycles. The zero-order valence-corrected chi connectivity index (χ0v) is 26.7. The molecule has 0 fully saturated rings. The minimum absolute atomic E-state index is 0.00831. The third kappa shape index (κ3) is 3.19. The maximum Gasteiger partial charge on any atom is 0.0499 e. The second-order valence-electron chi connectivity index (χ2n) is 15.2. The average molecular weight is 582 g/mol. The molecular weight excluding hydrogens is 542 g/mol. The van der Waals surface area contributed by atoms with Crippen LogP contribution in [-0.2, 0) is 10.8 Å². The number of fused-ring (bicyclic) bond motifs is 4. The molecule has 0 aromatic heterocycles. The zero-order chi connectivity index (χ0) is 30.2. The number of hydrogen-bond donors (Lipinski definition) is 0. The van der Waals surface area contributed by atoms with Crippen LogP contribution in [0.4, 0.5) is 11.4 Å².